The number of amides is 11. The van der Waals surface area contributed by atoms with E-state index in [1.807, 2.05) is 0 Å². The second kappa shape index (κ2) is 34.4. The van der Waals surface area contributed by atoms with Crippen molar-refractivity contribution in [2.75, 3.05) is 39.8 Å². The number of halogens is 1. The molecular weight excluding hydrogens is 1310 g/mol. The minimum absolute atomic E-state index is 0.00945. The number of carboxylic acids is 2. The number of aliphatic hydroxyl groups excluding tert-OH is 1. The third-order valence-corrected chi connectivity index (χ3v) is 18.4. The molecule has 3 aliphatic rings. The molecule has 3 fully saturated rings. The summed E-state index contributed by atoms with van der Waals surface area (Å²) in [6, 6.07) is 5.94. The van der Waals surface area contributed by atoms with Crippen LogP contribution in [0.2, 0.25) is 0 Å². The van der Waals surface area contributed by atoms with Gasteiger partial charge in [-0.2, -0.15) is 0 Å². The molecule has 8 rings (SSSR count). The van der Waals surface area contributed by atoms with Crippen LogP contribution in [0.4, 0.5) is 0 Å². The van der Waals surface area contributed by atoms with Crippen LogP contribution in [0.25, 0.3) is 21.8 Å². The first-order valence-corrected chi connectivity index (χ1v) is 32.9. The first-order chi connectivity index (χ1) is 47.3. The van der Waals surface area contributed by atoms with Gasteiger partial charge in [-0.3, -0.25) is 57.5 Å². The highest BCUT2D eigenvalue weighted by Gasteiger charge is 2.46. The number of carbonyl (C=O) groups is 13. The number of carboxylic acid groups (broad SMARTS) is 2. The van der Waals surface area contributed by atoms with Crippen molar-refractivity contribution in [3.63, 3.8) is 0 Å². The van der Waals surface area contributed by atoms with Gasteiger partial charge >= 0.3 is 11.9 Å². The highest BCUT2D eigenvalue weighted by Crippen LogP contribution is 2.28. The van der Waals surface area contributed by atoms with Crippen LogP contribution in [-0.2, 0) is 81.6 Å². The molecule has 17 N–H and O–H groups in total. The van der Waals surface area contributed by atoms with Gasteiger partial charge in [-0.25, -0.2) is 9.21 Å². The highest BCUT2D eigenvalue weighted by atomic mass is 35.5. The quantitative estimate of drug-likeness (QED) is 0.0216. The fourth-order valence-corrected chi connectivity index (χ4v) is 12.9. The van der Waals surface area contributed by atoms with Gasteiger partial charge in [0.15, 0.2) is 0 Å². The Kier molecular flexibility index (Phi) is 25.9. The Morgan fingerprint density at radius 2 is 1.12 bits per heavy atom. The Balaban J connectivity index is 0.946. The SMILES string of the molecule is COc1ccc(C[C@@H](C(=O)N2CCCC[C@H]2C(=O)N[C@@H](CC(=O)O)C(=O)N2CCC[C@H]2C(=O)N[C@@H](CN)C(=O)N[C@@H](CCC(N)=O)C(=O)N2C[C@H](O)C[C@H]2C(=O)N[C@@H](Cc2c[nH]c3ccccc23)C(=O)N[C@@H](CCN)C(=O)N[C@@H](Cc2c[nH]c3ccccc23)C(=O)O)N(Cl)C(C)=O)cc1. The molecule has 3 saturated heterocycles. The van der Waals surface area contributed by atoms with Gasteiger partial charge in [0.05, 0.1) is 19.6 Å². The van der Waals surface area contributed by atoms with E-state index >= 15 is 0 Å². The third kappa shape index (κ3) is 18.9. The fourth-order valence-electron chi connectivity index (χ4n) is 12.8. The summed E-state index contributed by atoms with van der Waals surface area (Å²) in [7, 11) is 1.48. The monoisotopic (exact) mass is 1390 g/mol. The first-order valence-electron chi connectivity index (χ1n) is 32.5. The van der Waals surface area contributed by atoms with Crippen LogP contribution in [-0.4, -0.2) is 228 Å². The maximum atomic E-state index is 14.8. The van der Waals surface area contributed by atoms with Crippen molar-refractivity contribution < 1.29 is 82.4 Å². The lowest BCUT2D eigenvalue weighted by Gasteiger charge is -2.39. The lowest BCUT2D eigenvalue weighted by atomic mass is 9.97. The number of likely N-dealkylation sites (tertiary alicyclic amines) is 3. The topological polar surface area (TPSA) is 487 Å². The molecule has 32 nitrogen and oxygen atoms in total. The van der Waals surface area contributed by atoms with Gasteiger partial charge in [0.25, 0.3) is 0 Å². The summed E-state index contributed by atoms with van der Waals surface area (Å²) >= 11 is 6.44. The predicted octanol–water partition coefficient (Wildman–Crippen LogP) is -1.57. The van der Waals surface area contributed by atoms with Crippen molar-refractivity contribution in [2.45, 2.75) is 157 Å². The molecule has 0 bridgehead atoms. The second-order valence-corrected chi connectivity index (χ2v) is 25.1. The number of carbonyl (C=O) groups excluding carboxylic acids is 11. The molecular formula is C66H84ClN15O17. The lowest BCUT2D eigenvalue weighted by Crippen LogP contribution is -2.62. The third-order valence-electron chi connectivity index (χ3n) is 17.9. The standard InChI is InChI=1S/C66H84ClN15O17/c1-35(83)82(67)54(26-36-16-18-40(99-2)19-17-36)65(96)80-24-8-7-14-51(80)60(91)76-48(30-56(86)87)64(95)79-25-9-15-52(79)61(92)78-50(31-69)59(90)74-46(20-21-55(70)85)63(94)81-34-39(84)29-53(81)62(93)75-47(27-37-32-71-43-12-5-3-10-41(37)43)58(89)73-45(22-23-68)57(88)77-49(66(97)98)28-38-33-72-44-13-6-4-11-42(38)44/h3-6,10-13,16-19,32-33,39,45-54,71-72,84H,7-9,14-15,20-31,34,68-69H2,1-2H3,(H2,70,85)(H,73,89)(H,74,90)(H,75,93)(H,76,91)(H,77,88)(H,78,92)(H,86,87)(H,97,98)/t39-,45+,46+,47+,48+,49+,50+,51+,52+,53+,54+/m1/s1. The molecule has 3 aromatic carbocycles. The van der Waals surface area contributed by atoms with Crippen molar-refractivity contribution in [1.82, 2.24) is 61.0 Å². The average molecular weight is 1390 g/mol. The summed E-state index contributed by atoms with van der Waals surface area (Å²) in [4.78, 5) is 189. The number of aromatic amines is 2. The zero-order valence-corrected chi connectivity index (χ0v) is 55.4. The number of β-amino-alcohol motifs (C(OH)–C–C–N with tert-alkyl or cyclic N) is 1. The first kappa shape index (κ1) is 74.6. The van der Waals surface area contributed by atoms with E-state index in [0.29, 0.717) is 46.2 Å². The Morgan fingerprint density at radius 3 is 1.70 bits per heavy atom. The van der Waals surface area contributed by atoms with Crippen molar-refractivity contribution in [1.29, 1.82) is 0 Å². The molecule has 0 unspecified atom stereocenters. The van der Waals surface area contributed by atoms with Gasteiger partial charge in [-0.1, -0.05) is 48.5 Å². The number of benzene rings is 3. The number of primary amides is 1. The van der Waals surface area contributed by atoms with E-state index in [1.165, 1.54) is 18.9 Å². The number of nitrogens with two attached hydrogens (primary N) is 3. The minimum atomic E-state index is -1.78. The number of ether oxygens (including phenoxy) is 1. The number of hydrogen-bond donors (Lipinski definition) is 14. The summed E-state index contributed by atoms with van der Waals surface area (Å²) in [5, 5.41) is 48.1. The molecule has 3 aliphatic heterocycles. The fraction of sp³-hybridized carbons (Fsp3) is 0.470. The van der Waals surface area contributed by atoms with Gasteiger partial charge in [-0.05, 0) is 92.4 Å². The second-order valence-electron chi connectivity index (χ2n) is 24.8. The van der Waals surface area contributed by atoms with Gasteiger partial charge in [0, 0.05) is 111 Å². The smallest absolute Gasteiger partial charge is 0.326 e. The molecule has 11 atom stereocenters. The van der Waals surface area contributed by atoms with Crippen molar-refractivity contribution in [3.05, 3.63) is 102 Å². The van der Waals surface area contributed by atoms with Gasteiger partial charge < -0.3 is 93.8 Å². The molecule has 33 heteroatoms. The number of para-hydroxylation sites is 2. The van der Waals surface area contributed by atoms with Crippen LogP contribution in [0, 0.1) is 0 Å². The summed E-state index contributed by atoms with van der Waals surface area (Å²) in [6.45, 7) is -0.158. The van der Waals surface area contributed by atoms with Crippen molar-refractivity contribution in [2.24, 2.45) is 17.2 Å². The average Bonchev–Trinajstić information content (AvgIpc) is 1.81. The number of nitrogens with zero attached hydrogens (tertiary/aromatic N) is 4. The van der Waals surface area contributed by atoms with Crippen molar-refractivity contribution >= 4 is 111 Å². The van der Waals surface area contributed by atoms with Crippen LogP contribution in [0.1, 0.15) is 87.8 Å². The number of rotatable bonds is 32. The number of hydrogen-bond acceptors (Lipinski definition) is 17. The summed E-state index contributed by atoms with van der Waals surface area (Å²) in [5.74, 6) is -12.3. The van der Waals surface area contributed by atoms with Crippen molar-refractivity contribution in [3.8, 4) is 5.75 Å². The normalized spacial score (nSPS) is 18.9. The number of piperidine rings is 1. The van der Waals surface area contributed by atoms with E-state index in [9.17, 15) is 77.6 Å². The van der Waals surface area contributed by atoms with Crippen LogP contribution < -0.4 is 53.8 Å². The Morgan fingerprint density at radius 1 is 0.606 bits per heavy atom. The number of methoxy groups -OCH3 is 1. The number of fused-ring (bicyclic) bond motifs is 2. The Hall–Kier alpha value is -10.2. The summed E-state index contributed by atoms with van der Waals surface area (Å²) in [5.41, 5.74) is 20.7. The van der Waals surface area contributed by atoms with E-state index < -0.39 is 182 Å². The maximum absolute atomic E-state index is 14.8. The maximum Gasteiger partial charge on any atom is 0.326 e. The number of aromatic nitrogens is 2. The van der Waals surface area contributed by atoms with E-state index in [0.717, 1.165) is 25.1 Å². The zero-order valence-electron chi connectivity index (χ0n) is 54.6. The summed E-state index contributed by atoms with van der Waals surface area (Å²) < 4.78 is 5.97. The lowest BCUT2D eigenvalue weighted by molar-refractivity contribution is -0.150. The molecule has 99 heavy (non-hydrogen) atoms. The Labute approximate surface area is 573 Å². The van der Waals surface area contributed by atoms with Gasteiger partial charge in [-0.15, -0.1) is 0 Å². The number of aliphatic carboxylic acids is 2. The largest absolute Gasteiger partial charge is 0.497 e. The van der Waals surface area contributed by atoms with Gasteiger partial charge in [0.1, 0.15) is 66.2 Å². The predicted molar refractivity (Wildman–Crippen MR) is 356 cm³/mol. The summed E-state index contributed by atoms with van der Waals surface area (Å²) in [6.07, 6.45) is 0.176. The molecule has 0 radical (unpaired) electrons. The van der Waals surface area contributed by atoms with E-state index in [1.54, 1.807) is 85.2 Å². The molecule has 0 saturated carbocycles. The minimum Gasteiger partial charge on any atom is -0.497 e. The Bertz CT molecular complexity index is 3810. The number of nitrogens with one attached hydrogen (secondary N) is 8. The molecule has 2 aromatic heterocycles. The molecule has 5 heterocycles. The van der Waals surface area contributed by atoms with E-state index in [2.05, 4.69) is 41.9 Å². The number of aliphatic hydroxyl groups is 1. The van der Waals surface area contributed by atoms with Crippen LogP contribution in [0.15, 0.2) is 85.2 Å². The molecule has 532 valence electrons. The molecule has 5 aromatic rings. The van der Waals surface area contributed by atoms with Crippen LogP contribution in [0.3, 0.4) is 0 Å². The molecule has 0 aliphatic carbocycles. The van der Waals surface area contributed by atoms with Crippen LogP contribution >= 0.6 is 11.8 Å². The highest BCUT2D eigenvalue weighted by molar-refractivity contribution is 6.22. The van der Waals surface area contributed by atoms with Crippen LogP contribution in [0.5, 0.6) is 5.75 Å². The number of H-pyrrole nitrogens is 2. The van der Waals surface area contributed by atoms with Gasteiger partial charge in [0.2, 0.25) is 65.0 Å². The zero-order chi connectivity index (χ0) is 71.8. The molecule has 11 amide bonds. The van der Waals surface area contributed by atoms with E-state index in [4.69, 9.17) is 33.7 Å². The van der Waals surface area contributed by atoms with E-state index in [-0.39, 0.29) is 64.6 Å². The molecule has 0 spiro atoms.